The number of anilines is 1. The predicted octanol–water partition coefficient (Wildman–Crippen LogP) is 6.03. The molecule has 2 aliphatic rings. The van der Waals surface area contributed by atoms with E-state index in [9.17, 15) is 13.2 Å². The van der Waals surface area contributed by atoms with Crippen molar-refractivity contribution < 1.29 is 36.2 Å². The summed E-state index contributed by atoms with van der Waals surface area (Å²) in [7, 11) is -2.56. The first kappa shape index (κ1) is 35.2. The van der Waals surface area contributed by atoms with E-state index in [0.29, 0.717) is 36.1 Å². The highest BCUT2D eigenvalue weighted by Gasteiger charge is 2.43. The van der Waals surface area contributed by atoms with Crippen molar-refractivity contribution in [3.05, 3.63) is 47.2 Å². The van der Waals surface area contributed by atoms with E-state index in [0.717, 1.165) is 0 Å². The van der Waals surface area contributed by atoms with E-state index < -0.39 is 38.3 Å². The van der Waals surface area contributed by atoms with Crippen molar-refractivity contribution in [2.75, 3.05) is 37.6 Å². The smallest absolute Gasteiger partial charge is 0.410 e. The Kier molecular flexibility index (Phi) is 9.34. The SMILES string of the molecule is C#Cc1c(F)ccc2cc(OCOC)cc(-c3nc4c5c(nc(S(=O)(=O)CC)nc5c3F)N3CCN(C(=O)OC(C)(C)C)[C@@H](CC)[C@H]3CC4)c12. The molecule has 1 saturated heterocycles. The summed E-state index contributed by atoms with van der Waals surface area (Å²) < 4.78 is 75.5. The average molecular weight is 708 g/mol. The van der Waals surface area contributed by atoms with Crippen LogP contribution in [-0.2, 0) is 25.7 Å². The zero-order chi connectivity index (χ0) is 36.1. The lowest BCUT2D eigenvalue weighted by Crippen LogP contribution is -2.61. The predicted molar refractivity (Wildman–Crippen MR) is 185 cm³/mol. The molecule has 2 aliphatic heterocycles. The highest BCUT2D eigenvalue weighted by molar-refractivity contribution is 7.91. The van der Waals surface area contributed by atoms with Crippen LogP contribution >= 0.6 is 0 Å². The number of ether oxygens (including phenoxy) is 3. The number of aryl methyl sites for hydroxylation is 1. The molecule has 0 aliphatic carbocycles. The number of sulfone groups is 1. The number of methoxy groups -OCH3 is 1. The number of amides is 1. The summed E-state index contributed by atoms with van der Waals surface area (Å²) in [5.41, 5.74) is -0.665. The molecular formula is C36H39F2N5O6S. The first-order valence-electron chi connectivity index (χ1n) is 16.5. The molecule has 11 nitrogen and oxygen atoms in total. The van der Waals surface area contributed by atoms with Crippen molar-refractivity contribution in [2.45, 2.75) is 76.7 Å². The first-order valence-corrected chi connectivity index (χ1v) is 18.1. The Bertz CT molecular complexity index is 2170. The highest BCUT2D eigenvalue weighted by atomic mass is 32.2. The minimum Gasteiger partial charge on any atom is -0.468 e. The number of hydrogen-bond acceptors (Lipinski definition) is 10. The van der Waals surface area contributed by atoms with E-state index in [4.69, 9.17) is 25.6 Å². The van der Waals surface area contributed by atoms with E-state index in [-0.39, 0.29) is 76.6 Å². The van der Waals surface area contributed by atoms with Gasteiger partial charge in [0.05, 0.1) is 34.5 Å². The summed E-state index contributed by atoms with van der Waals surface area (Å²) in [5.74, 6) is 1.00. The van der Waals surface area contributed by atoms with E-state index in [1.54, 1.807) is 31.7 Å². The Morgan fingerprint density at radius 3 is 2.52 bits per heavy atom. The zero-order valence-corrected chi connectivity index (χ0v) is 29.7. The van der Waals surface area contributed by atoms with E-state index in [2.05, 4.69) is 15.9 Å². The molecular weight excluding hydrogens is 668 g/mol. The molecule has 2 aromatic carbocycles. The molecule has 0 bridgehead atoms. The number of halogens is 2. The molecule has 0 spiro atoms. The Morgan fingerprint density at radius 1 is 1.10 bits per heavy atom. The summed E-state index contributed by atoms with van der Waals surface area (Å²) in [6, 6.07) is 5.22. The maximum atomic E-state index is 17.2. The van der Waals surface area contributed by atoms with Crippen molar-refractivity contribution in [1.29, 1.82) is 0 Å². The van der Waals surface area contributed by atoms with Crippen LogP contribution in [0.1, 0.15) is 58.7 Å². The Balaban J connectivity index is 1.62. The summed E-state index contributed by atoms with van der Waals surface area (Å²) in [4.78, 5) is 30.8. The molecule has 2 atom stereocenters. The summed E-state index contributed by atoms with van der Waals surface area (Å²) >= 11 is 0. The fourth-order valence-electron chi connectivity index (χ4n) is 6.89. The molecule has 0 N–H and O–H groups in total. The number of terminal acetylenes is 1. The first-order chi connectivity index (χ1) is 23.7. The van der Waals surface area contributed by atoms with Gasteiger partial charge in [-0.25, -0.2) is 36.9 Å². The minimum absolute atomic E-state index is 0.0919. The second-order valence-electron chi connectivity index (χ2n) is 13.3. The quantitative estimate of drug-likeness (QED) is 0.128. The van der Waals surface area contributed by atoms with Crippen molar-refractivity contribution in [1.82, 2.24) is 19.9 Å². The number of rotatable bonds is 7. The topological polar surface area (TPSA) is 124 Å². The van der Waals surface area contributed by atoms with Gasteiger partial charge in [0.25, 0.3) is 0 Å². The summed E-state index contributed by atoms with van der Waals surface area (Å²) in [5, 5.41) is 0.461. The third kappa shape index (κ3) is 6.17. The molecule has 4 aromatic rings. The van der Waals surface area contributed by atoms with Crippen LogP contribution < -0.4 is 9.64 Å². The van der Waals surface area contributed by atoms with Gasteiger partial charge in [-0.15, -0.1) is 6.42 Å². The van der Waals surface area contributed by atoms with Gasteiger partial charge in [0.15, 0.2) is 12.6 Å². The fourth-order valence-corrected chi connectivity index (χ4v) is 7.60. The van der Waals surface area contributed by atoms with Crippen LogP contribution in [0.5, 0.6) is 5.75 Å². The van der Waals surface area contributed by atoms with Gasteiger partial charge >= 0.3 is 6.09 Å². The maximum Gasteiger partial charge on any atom is 0.410 e. The summed E-state index contributed by atoms with van der Waals surface area (Å²) in [6.45, 7) is 9.29. The number of carbonyl (C=O) groups is 1. The fraction of sp³-hybridized carbons (Fsp3) is 0.444. The molecule has 264 valence electrons. The minimum atomic E-state index is -4.02. The van der Waals surface area contributed by atoms with Crippen LogP contribution in [0.2, 0.25) is 0 Å². The number of fused-ring (bicyclic) bond motifs is 3. The van der Waals surface area contributed by atoms with Gasteiger partial charge in [-0.1, -0.05) is 25.8 Å². The Morgan fingerprint density at radius 2 is 1.86 bits per heavy atom. The lowest BCUT2D eigenvalue weighted by atomic mass is 9.94. The largest absolute Gasteiger partial charge is 0.468 e. The Hall–Kier alpha value is -4.61. The van der Waals surface area contributed by atoms with E-state index >= 15 is 8.78 Å². The van der Waals surface area contributed by atoms with Crippen LogP contribution in [0.25, 0.3) is 32.9 Å². The van der Waals surface area contributed by atoms with Gasteiger partial charge in [-0.05, 0) is 63.6 Å². The molecule has 6 rings (SSSR count). The molecule has 1 amide bonds. The zero-order valence-electron chi connectivity index (χ0n) is 28.8. The van der Waals surface area contributed by atoms with Crippen LogP contribution in [0.4, 0.5) is 19.4 Å². The van der Waals surface area contributed by atoms with Crippen LogP contribution in [0, 0.1) is 24.0 Å². The average Bonchev–Trinajstić information content (AvgIpc) is 3.24. The number of benzene rings is 2. The van der Waals surface area contributed by atoms with Crippen molar-refractivity contribution >= 4 is 43.4 Å². The third-order valence-electron chi connectivity index (χ3n) is 9.08. The van der Waals surface area contributed by atoms with Gasteiger partial charge in [0.2, 0.25) is 15.0 Å². The Labute approximate surface area is 289 Å². The van der Waals surface area contributed by atoms with E-state index in [1.165, 1.54) is 32.2 Å². The normalized spacial score (nSPS) is 17.7. The standard InChI is InChI=1S/C36H39F2N5O6S/c1-8-22-24(37)12-11-20-17-21(48-19-47-7)18-23(28(20)22)31-30(38)32-29-25(39-31)13-14-27-26(9-2)43(35(44)49-36(4,5)6)16-15-42(27)33(29)41-34(40-32)50(45,46)10-3/h1,11-12,17-18,26-27H,9-10,13-16,19H2,2-7H3/t26-,27+/m0/s1. The van der Waals surface area contributed by atoms with Crippen molar-refractivity contribution in [2.24, 2.45) is 0 Å². The lowest BCUT2D eigenvalue weighted by Gasteiger charge is -2.47. The molecule has 14 heteroatoms. The number of aromatic nitrogens is 3. The van der Waals surface area contributed by atoms with Gasteiger partial charge in [0.1, 0.15) is 34.2 Å². The number of piperazine rings is 1. The maximum absolute atomic E-state index is 17.2. The van der Waals surface area contributed by atoms with Crippen molar-refractivity contribution in [3.8, 4) is 29.4 Å². The second-order valence-corrected chi connectivity index (χ2v) is 15.5. The lowest BCUT2D eigenvalue weighted by molar-refractivity contribution is 0.00801. The van der Waals surface area contributed by atoms with Gasteiger partial charge in [-0.2, -0.15) is 0 Å². The highest BCUT2D eigenvalue weighted by Crippen LogP contribution is 2.43. The molecule has 0 radical (unpaired) electrons. The van der Waals surface area contributed by atoms with Crippen LogP contribution in [0.3, 0.4) is 0 Å². The third-order valence-corrected chi connectivity index (χ3v) is 10.6. The second kappa shape index (κ2) is 13.3. The summed E-state index contributed by atoms with van der Waals surface area (Å²) in [6.07, 6.45) is 6.68. The van der Waals surface area contributed by atoms with E-state index in [1.807, 2.05) is 11.8 Å². The molecule has 2 aromatic heterocycles. The van der Waals surface area contributed by atoms with Gasteiger partial charge < -0.3 is 24.0 Å². The van der Waals surface area contributed by atoms with Gasteiger partial charge in [0, 0.05) is 31.1 Å². The van der Waals surface area contributed by atoms with Crippen LogP contribution in [0.15, 0.2) is 29.4 Å². The number of carbonyl (C=O) groups excluding carboxylic acids is 1. The number of hydrogen-bond donors (Lipinski definition) is 0. The molecule has 0 unspecified atom stereocenters. The van der Waals surface area contributed by atoms with Gasteiger partial charge in [-0.3, -0.25) is 0 Å². The molecule has 1 fully saturated rings. The van der Waals surface area contributed by atoms with Crippen molar-refractivity contribution in [3.63, 3.8) is 0 Å². The van der Waals surface area contributed by atoms with Crippen LogP contribution in [-0.4, -0.2) is 84.8 Å². The molecule has 50 heavy (non-hydrogen) atoms. The monoisotopic (exact) mass is 707 g/mol. The number of pyridine rings is 1. The molecule has 4 heterocycles. The number of nitrogens with zero attached hydrogens (tertiary/aromatic N) is 5. The molecule has 0 saturated carbocycles.